The Hall–Kier alpha value is -2.37. The molecule has 6 nitrogen and oxygen atoms in total. The maximum absolute atomic E-state index is 12.1. The van der Waals surface area contributed by atoms with Gasteiger partial charge < -0.3 is 14.2 Å². The largest absolute Gasteiger partial charge is 0.492 e. The van der Waals surface area contributed by atoms with E-state index in [4.69, 9.17) is 9.47 Å². The number of Topliss-reactive ketones (excluding diaryl/α,β-unsaturated/α-hetero) is 1. The summed E-state index contributed by atoms with van der Waals surface area (Å²) in [6.07, 6.45) is -0.0250. The van der Waals surface area contributed by atoms with Gasteiger partial charge in [0.1, 0.15) is 0 Å². The Morgan fingerprint density at radius 3 is 2.35 bits per heavy atom. The fraction of sp³-hybridized carbons (Fsp3) is 0.357. The van der Waals surface area contributed by atoms with E-state index in [1.54, 1.807) is 12.1 Å². The summed E-state index contributed by atoms with van der Waals surface area (Å²) in [6.45, 7) is 1.26. The van der Waals surface area contributed by atoms with Gasteiger partial charge in [-0.1, -0.05) is 6.07 Å². The third-order valence-corrected chi connectivity index (χ3v) is 2.52. The molecule has 0 spiro atoms. The monoisotopic (exact) mass is 280 g/mol. The SMILES string of the molecule is COC(=O)CCC(=O)c1cccc(OC(C)=O)c1OC. The van der Waals surface area contributed by atoms with Crippen molar-refractivity contribution in [1.29, 1.82) is 0 Å². The standard InChI is InChI=1S/C14H16O6/c1-9(15)20-12-6-4-5-10(14(12)19-3)11(16)7-8-13(17)18-2/h4-6H,7-8H2,1-3H3. The van der Waals surface area contributed by atoms with Crippen LogP contribution < -0.4 is 9.47 Å². The molecule has 1 rings (SSSR count). The number of ether oxygens (including phenoxy) is 3. The lowest BCUT2D eigenvalue weighted by molar-refractivity contribution is -0.140. The van der Waals surface area contributed by atoms with Crippen LogP contribution in [0.3, 0.4) is 0 Å². The number of hydrogen-bond acceptors (Lipinski definition) is 6. The fourth-order valence-corrected chi connectivity index (χ4v) is 1.63. The molecule has 0 aromatic heterocycles. The average Bonchev–Trinajstić information content (AvgIpc) is 2.43. The Bertz CT molecular complexity index is 520. The second-order valence-electron chi connectivity index (χ2n) is 3.93. The third kappa shape index (κ3) is 4.08. The lowest BCUT2D eigenvalue weighted by Crippen LogP contribution is -2.09. The van der Waals surface area contributed by atoms with Crippen molar-refractivity contribution in [2.45, 2.75) is 19.8 Å². The predicted molar refractivity (Wildman–Crippen MR) is 69.9 cm³/mol. The molecule has 0 N–H and O–H groups in total. The Morgan fingerprint density at radius 1 is 1.10 bits per heavy atom. The van der Waals surface area contributed by atoms with Gasteiger partial charge in [-0.15, -0.1) is 0 Å². The lowest BCUT2D eigenvalue weighted by Gasteiger charge is -2.11. The van der Waals surface area contributed by atoms with E-state index in [0.29, 0.717) is 0 Å². The molecule has 6 heteroatoms. The highest BCUT2D eigenvalue weighted by Crippen LogP contribution is 2.32. The van der Waals surface area contributed by atoms with Crippen molar-refractivity contribution in [2.75, 3.05) is 14.2 Å². The Labute approximate surface area is 116 Å². The Kier molecular flexibility index (Phi) is 5.71. The van der Waals surface area contributed by atoms with Crippen molar-refractivity contribution in [3.8, 4) is 11.5 Å². The Balaban J connectivity index is 2.96. The van der Waals surface area contributed by atoms with Gasteiger partial charge in [-0.05, 0) is 12.1 Å². The number of carbonyl (C=O) groups excluding carboxylic acids is 3. The van der Waals surface area contributed by atoms with E-state index in [9.17, 15) is 14.4 Å². The van der Waals surface area contributed by atoms with Gasteiger partial charge in [0.25, 0.3) is 0 Å². The van der Waals surface area contributed by atoms with Gasteiger partial charge in [-0.3, -0.25) is 14.4 Å². The van der Waals surface area contributed by atoms with Crippen molar-refractivity contribution in [3.05, 3.63) is 23.8 Å². The molecule has 1 aromatic rings. The summed E-state index contributed by atoms with van der Waals surface area (Å²) in [5.41, 5.74) is 0.259. The lowest BCUT2D eigenvalue weighted by atomic mass is 10.0. The van der Waals surface area contributed by atoms with E-state index in [1.807, 2.05) is 0 Å². The molecule has 0 aliphatic heterocycles. The number of hydrogen-bond donors (Lipinski definition) is 0. The summed E-state index contributed by atoms with van der Waals surface area (Å²) in [6, 6.07) is 4.65. The van der Waals surface area contributed by atoms with Crippen molar-refractivity contribution >= 4 is 17.7 Å². The van der Waals surface area contributed by atoms with E-state index < -0.39 is 11.9 Å². The average molecular weight is 280 g/mol. The van der Waals surface area contributed by atoms with Crippen LogP contribution in [0, 0.1) is 0 Å². The third-order valence-electron chi connectivity index (χ3n) is 2.52. The topological polar surface area (TPSA) is 78.9 Å². The van der Waals surface area contributed by atoms with E-state index in [0.717, 1.165) is 0 Å². The maximum Gasteiger partial charge on any atom is 0.308 e. The van der Waals surface area contributed by atoms with E-state index in [1.165, 1.54) is 27.2 Å². The molecule has 0 heterocycles. The highest BCUT2D eigenvalue weighted by molar-refractivity contribution is 6.00. The van der Waals surface area contributed by atoms with Crippen LogP contribution in [0.5, 0.6) is 11.5 Å². The van der Waals surface area contributed by atoms with Crippen molar-refractivity contribution in [1.82, 2.24) is 0 Å². The van der Waals surface area contributed by atoms with Crippen molar-refractivity contribution in [2.24, 2.45) is 0 Å². The van der Waals surface area contributed by atoms with Crippen molar-refractivity contribution < 1.29 is 28.6 Å². The second-order valence-corrected chi connectivity index (χ2v) is 3.93. The molecule has 0 atom stereocenters. The zero-order chi connectivity index (χ0) is 15.1. The quantitative estimate of drug-likeness (QED) is 0.449. The molecule has 108 valence electrons. The number of esters is 2. The first-order valence-electron chi connectivity index (χ1n) is 5.95. The molecule has 1 aromatic carbocycles. The van der Waals surface area contributed by atoms with Crippen LogP contribution in [0.1, 0.15) is 30.1 Å². The highest BCUT2D eigenvalue weighted by atomic mass is 16.6. The summed E-state index contributed by atoms with van der Waals surface area (Å²) in [4.78, 5) is 34.1. The molecule has 0 amide bonds. The zero-order valence-electron chi connectivity index (χ0n) is 11.6. The predicted octanol–water partition coefficient (Wildman–Crippen LogP) is 1.76. The minimum atomic E-state index is -0.512. The number of methoxy groups -OCH3 is 2. The van der Waals surface area contributed by atoms with Crippen LogP contribution in [0.4, 0.5) is 0 Å². The first-order chi connectivity index (χ1) is 9.49. The minimum Gasteiger partial charge on any atom is -0.492 e. The Morgan fingerprint density at radius 2 is 1.80 bits per heavy atom. The van der Waals surface area contributed by atoms with Gasteiger partial charge in [0.05, 0.1) is 26.2 Å². The molecule has 0 fully saturated rings. The second kappa shape index (κ2) is 7.28. The van der Waals surface area contributed by atoms with Gasteiger partial charge >= 0.3 is 11.9 Å². The zero-order valence-corrected chi connectivity index (χ0v) is 11.6. The number of benzene rings is 1. The molecule has 0 radical (unpaired) electrons. The van der Waals surface area contributed by atoms with Crippen LogP contribution in [0.15, 0.2) is 18.2 Å². The van der Waals surface area contributed by atoms with Gasteiger partial charge in [0.2, 0.25) is 0 Å². The van der Waals surface area contributed by atoms with Crippen molar-refractivity contribution in [3.63, 3.8) is 0 Å². The summed E-state index contributed by atoms with van der Waals surface area (Å²) in [5, 5.41) is 0. The molecule has 0 saturated carbocycles. The first kappa shape index (κ1) is 15.7. The molecule has 0 saturated heterocycles. The van der Waals surface area contributed by atoms with Gasteiger partial charge in [-0.25, -0.2) is 0 Å². The molecular weight excluding hydrogens is 264 g/mol. The number of rotatable bonds is 6. The van der Waals surface area contributed by atoms with Crippen LogP contribution in [0.25, 0.3) is 0 Å². The molecular formula is C14H16O6. The summed E-state index contributed by atoms with van der Waals surface area (Å²) < 4.78 is 14.6. The van der Waals surface area contributed by atoms with Gasteiger partial charge in [-0.2, -0.15) is 0 Å². The number of para-hydroxylation sites is 1. The summed E-state index contributed by atoms with van der Waals surface area (Å²) >= 11 is 0. The fourth-order valence-electron chi connectivity index (χ4n) is 1.63. The summed E-state index contributed by atoms with van der Waals surface area (Å²) in [5.74, 6) is -0.918. The van der Waals surface area contributed by atoms with E-state index in [-0.39, 0.29) is 35.7 Å². The smallest absolute Gasteiger partial charge is 0.308 e. The highest BCUT2D eigenvalue weighted by Gasteiger charge is 2.18. The molecule has 0 aliphatic carbocycles. The van der Waals surface area contributed by atoms with Gasteiger partial charge in [0, 0.05) is 13.3 Å². The molecule has 20 heavy (non-hydrogen) atoms. The molecule has 0 aliphatic rings. The van der Waals surface area contributed by atoms with Crippen LogP contribution in [-0.2, 0) is 14.3 Å². The van der Waals surface area contributed by atoms with E-state index in [2.05, 4.69) is 4.74 Å². The van der Waals surface area contributed by atoms with Gasteiger partial charge in [0.15, 0.2) is 17.3 Å². The maximum atomic E-state index is 12.1. The minimum absolute atomic E-state index is 0.00738. The summed E-state index contributed by atoms with van der Waals surface area (Å²) in [7, 11) is 2.63. The van der Waals surface area contributed by atoms with Crippen LogP contribution >= 0.6 is 0 Å². The molecule has 0 bridgehead atoms. The van der Waals surface area contributed by atoms with E-state index >= 15 is 0 Å². The first-order valence-corrected chi connectivity index (χ1v) is 5.95. The van der Waals surface area contributed by atoms with Crippen LogP contribution in [-0.4, -0.2) is 31.9 Å². The molecule has 0 unspecified atom stereocenters. The normalized spacial score (nSPS) is 9.75. The number of ketones is 1. The van der Waals surface area contributed by atoms with Crippen LogP contribution in [0.2, 0.25) is 0 Å². The number of carbonyl (C=O) groups is 3.